The predicted octanol–water partition coefficient (Wildman–Crippen LogP) is 0.586. The number of carbonyl (C=O) groups is 1. The van der Waals surface area contributed by atoms with Crippen molar-refractivity contribution in [1.29, 1.82) is 0 Å². The van der Waals surface area contributed by atoms with Crippen molar-refractivity contribution < 1.29 is 23.1 Å². The number of pyridine rings is 1. The molecule has 2 aromatic rings. The molecule has 2 aromatic heterocycles. The van der Waals surface area contributed by atoms with Crippen LogP contribution in [0.3, 0.4) is 0 Å². The number of imidazole rings is 1. The molecular weight excluding hydrogens is 272 g/mol. The quantitative estimate of drug-likeness (QED) is 0.882. The molecule has 0 saturated heterocycles. The Hall–Kier alpha value is -2.09. The molecule has 2 rings (SSSR count). The zero-order valence-electron chi connectivity index (χ0n) is 10.3. The van der Waals surface area contributed by atoms with Crippen LogP contribution >= 0.6 is 0 Å². The van der Waals surface area contributed by atoms with E-state index in [1.807, 2.05) is 0 Å². The number of carboxylic acid groups (broad SMARTS) is 1. The summed E-state index contributed by atoms with van der Waals surface area (Å²) in [6.45, 7) is 0. The number of fused-ring (bicyclic) bond motifs is 1. The molecule has 1 N–H and O–H groups in total. The van der Waals surface area contributed by atoms with Crippen LogP contribution in [-0.4, -0.2) is 42.2 Å². The summed E-state index contributed by atoms with van der Waals surface area (Å²) in [5, 5.41) is 9.09. The Bertz CT molecular complexity index is 748. The lowest BCUT2D eigenvalue weighted by Crippen LogP contribution is -2.06. The summed E-state index contributed by atoms with van der Waals surface area (Å²) in [6.07, 6.45) is 1.06. The summed E-state index contributed by atoms with van der Waals surface area (Å²) in [7, 11) is -1.92. The van der Waals surface area contributed by atoms with Gasteiger partial charge in [-0.15, -0.1) is 0 Å². The molecule has 7 nitrogen and oxygen atoms in total. The van der Waals surface area contributed by atoms with Crippen molar-refractivity contribution in [3.05, 3.63) is 29.7 Å². The summed E-state index contributed by atoms with van der Waals surface area (Å²) >= 11 is 0. The third-order valence-electron chi connectivity index (χ3n) is 2.50. The van der Waals surface area contributed by atoms with Crippen molar-refractivity contribution in [2.75, 3.05) is 13.4 Å². The van der Waals surface area contributed by atoms with Gasteiger partial charge in [-0.25, -0.2) is 18.2 Å². The molecule has 2 heterocycles. The highest BCUT2D eigenvalue weighted by Gasteiger charge is 2.21. The molecule has 0 spiro atoms. The van der Waals surface area contributed by atoms with Crippen LogP contribution in [-0.2, 0) is 15.6 Å². The maximum atomic E-state index is 11.4. The Kier molecular flexibility index (Phi) is 3.19. The molecule has 0 aliphatic carbocycles. The van der Waals surface area contributed by atoms with Gasteiger partial charge in [0, 0.05) is 6.26 Å². The number of aromatic carboxylic acids is 1. The van der Waals surface area contributed by atoms with Crippen LogP contribution in [0.1, 0.15) is 16.3 Å². The zero-order valence-corrected chi connectivity index (χ0v) is 11.1. The Labute approximate surface area is 109 Å². The standard InChI is InChI=1S/C11H12N2O5S/c1-18-9-5-3-4-7-10(11(14)15)12-8(13(7)9)6-19(2,16)17/h3-5H,6H2,1-2H3,(H,14,15). The average molecular weight is 284 g/mol. The maximum Gasteiger partial charge on any atom is 0.356 e. The van der Waals surface area contributed by atoms with E-state index in [1.165, 1.54) is 11.5 Å². The van der Waals surface area contributed by atoms with E-state index in [2.05, 4.69) is 4.98 Å². The van der Waals surface area contributed by atoms with Crippen molar-refractivity contribution >= 4 is 21.3 Å². The predicted molar refractivity (Wildman–Crippen MR) is 67.3 cm³/mol. The highest BCUT2D eigenvalue weighted by Crippen LogP contribution is 2.22. The zero-order chi connectivity index (χ0) is 14.2. The molecule has 0 unspecified atom stereocenters. The van der Waals surface area contributed by atoms with Gasteiger partial charge >= 0.3 is 5.97 Å². The number of hydrogen-bond donors (Lipinski definition) is 1. The van der Waals surface area contributed by atoms with E-state index >= 15 is 0 Å². The van der Waals surface area contributed by atoms with Crippen LogP contribution < -0.4 is 4.74 Å². The molecule has 0 saturated carbocycles. The summed E-state index contributed by atoms with van der Waals surface area (Å²) < 4.78 is 29.3. The van der Waals surface area contributed by atoms with E-state index in [0.29, 0.717) is 11.4 Å². The molecule has 8 heteroatoms. The molecular formula is C11H12N2O5S. The van der Waals surface area contributed by atoms with Gasteiger partial charge < -0.3 is 9.84 Å². The first-order valence-electron chi connectivity index (χ1n) is 5.29. The van der Waals surface area contributed by atoms with Crippen LogP contribution in [0.15, 0.2) is 18.2 Å². The number of aromatic nitrogens is 2. The minimum Gasteiger partial charge on any atom is -0.482 e. The molecule has 19 heavy (non-hydrogen) atoms. The molecule has 0 bridgehead atoms. The second-order valence-corrected chi connectivity index (χ2v) is 6.18. The highest BCUT2D eigenvalue weighted by molar-refractivity contribution is 7.89. The lowest BCUT2D eigenvalue weighted by Gasteiger charge is -2.06. The number of carboxylic acids is 1. The molecule has 0 aromatic carbocycles. The minimum absolute atomic E-state index is 0.118. The second kappa shape index (κ2) is 4.54. The van der Waals surface area contributed by atoms with Gasteiger partial charge in [-0.3, -0.25) is 4.40 Å². The van der Waals surface area contributed by atoms with Crippen molar-refractivity contribution in [1.82, 2.24) is 9.38 Å². The lowest BCUT2D eigenvalue weighted by atomic mass is 10.3. The monoisotopic (exact) mass is 284 g/mol. The molecule has 0 amide bonds. The molecule has 0 fully saturated rings. The number of ether oxygens (including phenoxy) is 1. The lowest BCUT2D eigenvalue weighted by molar-refractivity contribution is 0.0693. The summed E-state index contributed by atoms with van der Waals surface area (Å²) in [5.74, 6) is -1.13. The van der Waals surface area contributed by atoms with Crippen LogP contribution in [0.25, 0.3) is 5.52 Å². The largest absolute Gasteiger partial charge is 0.482 e. The van der Waals surface area contributed by atoms with Crippen LogP contribution in [0.2, 0.25) is 0 Å². The Morgan fingerprint density at radius 1 is 1.47 bits per heavy atom. The van der Waals surface area contributed by atoms with Crippen LogP contribution in [0, 0.1) is 0 Å². The van der Waals surface area contributed by atoms with Crippen molar-refractivity contribution in [2.24, 2.45) is 0 Å². The number of rotatable bonds is 4. The fourth-order valence-electron chi connectivity index (χ4n) is 1.82. The minimum atomic E-state index is -3.34. The van der Waals surface area contributed by atoms with Gasteiger partial charge in [-0.1, -0.05) is 6.07 Å². The number of hydrogen-bond acceptors (Lipinski definition) is 5. The van der Waals surface area contributed by atoms with Gasteiger partial charge in [0.1, 0.15) is 11.6 Å². The summed E-state index contributed by atoms with van der Waals surface area (Å²) in [6, 6.07) is 4.77. The van der Waals surface area contributed by atoms with E-state index in [-0.39, 0.29) is 17.3 Å². The SMILES string of the molecule is COc1cccc2c(C(=O)O)nc(CS(C)(=O)=O)n12. The Morgan fingerprint density at radius 3 is 2.68 bits per heavy atom. The van der Waals surface area contributed by atoms with Crippen molar-refractivity contribution in [2.45, 2.75) is 5.75 Å². The first kappa shape index (κ1) is 13.3. The molecule has 0 atom stereocenters. The second-order valence-electron chi connectivity index (χ2n) is 4.04. The average Bonchev–Trinajstić information content (AvgIpc) is 2.66. The topological polar surface area (TPSA) is 98.0 Å². The van der Waals surface area contributed by atoms with Gasteiger partial charge in [0.15, 0.2) is 21.4 Å². The van der Waals surface area contributed by atoms with Gasteiger partial charge in [0.2, 0.25) is 0 Å². The number of nitrogens with zero attached hydrogens (tertiary/aromatic N) is 2. The van der Waals surface area contributed by atoms with Gasteiger partial charge in [-0.05, 0) is 12.1 Å². The fraction of sp³-hybridized carbons (Fsp3) is 0.273. The Balaban J connectivity index is 2.79. The molecule has 102 valence electrons. The van der Waals surface area contributed by atoms with E-state index in [1.54, 1.807) is 18.2 Å². The number of methoxy groups -OCH3 is 1. The van der Waals surface area contributed by atoms with Crippen LogP contribution in [0.4, 0.5) is 0 Å². The van der Waals surface area contributed by atoms with E-state index in [9.17, 15) is 13.2 Å². The summed E-state index contributed by atoms with van der Waals surface area (Å²) in [4.78, 5) is 15.0. The number of sulfone groups is 1. The van der Waals surface area contributed by atoms with Crippen molar-refractivity contribution in [3.63, 3.8) is 0 Å². The third kappa shape index (κ3) is 2.53. The third-order valence-corrected chi connectivity index (χ3v) is 3.28. The Morgan fingerprint density at radius 2 is 2.16 bits per heavy atom. The molecule has 0 aliphatic heterocycles. The summed E-state index contributed by atoms with van der Waals surface area (Å²) in [5.41, 5.74) is 0.100. The smallest absolute Gasteiger partial charge is 0.356 e. The fourth-order valence-corrected chi connectivity index (χ4v) is 2.49. The highest BCUT2D eigenvalue weighted by atomic mass is 32.2. The molecule has 0 radical (unpaired) electrons. The van der Waals surface area contributed by atoms with Gasteiger partial charge in [0.05, 0.1) is 12.6 Å². The van der Waals surface area contributed by atoms with E-state index in [0.717, 1.165) is 6.26 Å². The van der Waals surface area contributed by atoms with E-state index < -0.39 is 15.8 Å². The van der Waals surface area contributed by atoms with Crippen LogP contribution in [0.5, 0.6) is 5.88 Å². The van der Waals surface area contributed by atoms with E-state index in [4.69, 9.17) is 9.84 Å². The normalized spacial score (nSPS) is 11.7. The van der Waals surface area contributed by atoms with Crippen molar-refractivity contribution in [3.8, 4) is 5.88 Å². The van der Waals surface area contributed by atoms with Gasteiger partial charge in [0.25, 0.3) is 0 Å². The molecule has 0 aliphatic rings. The van der Waals surface area contributed by atoms with Gasteiger partial charge in [-0.2, -0.15) is 0 Å². The first-order chi connectivity index (χ1) is 8.83. The first-order valence-corrected chi connectivity index (χ1v) is 7.35. The maximum absolute atomic E-state index is 11.4.